The Labute approximate surface area is 155 Å². The van der Waals surface area contributed by atoms with Crippen LogP contribution in [0.2, 0.25) is 0 Å². The van der Waals surface area contributed by atoms with Crippen molar-refractivity contribution < 1.29 is 9.59 Å². The molecule has 2 aromatic carbocycles. The molecule has 138 valence electrons. The maximum absolute atomic E-state index is 12.3. The van der Waals surface area contributed by atoms with Gasteiger partial charge in [-0.15, -0.1) is 0 Å². The van der Waals surface area contributed by atoms with Gasteiger partial charge in [0, 0.05) is 12.6 Å². The fourth-order valence-electron chi connectivity index (χ4n) is 2.68. The summed E-state index contributed by atoms with van der Waals surface area (Å²) in [7, 11) is 1.88. The van der Waals surface area contributed by atoms with Crippen LogP contribution < -0.4 is 10.6 Å². The molecule has 2 rings (SSSR count). The Bertz CT molecular complexity index is 744. The van der Waals surface area contributed by atoms with E-state index < -0.39 is 12.1 Å². The first-order valence-corrected chi connectivity index (χ1v) is 8.83. The van der Waals surface area contributed by atoms with Gasteiger partial charge in [-0.25, -0.2) is 4.79 Å². The minimum Gasteiger partial charge on any atom is -0.336 e. The lowest BCUT2D eigenvalue weighted by Gasteiger charge is -2.25. The number of amides is 3. The number of hydrogen-bond acceptors (Lipinski definition) is 3. The first kappa shape index (κ1) is 19.7. The van der Waals surface area contributed by atoms with Crippen LogP contribution in [-0.4, -0.2) is 36.0 Å². The molecule has 0 radical (unpaired) electrons. The summed E-state index contributed by atoms with van der Waals surface area (Å²) in [6, 6.07) is 17.4. The second kappa shape index (κ2) is 9.15. The summed E-state index contributed by atoms with van der Waals surface area (Å²) in [4.78, 5) is 26.0. The summed E-state index contributed by atoms with van der Waals surface area (Å²) >= 11 is 0. The van der Waals surface area contributed by atoms with Crippen LogP contribution in [0.4, 0.5) is 4.79 Å². The number of likely N-dealkylation sites (N-methyl/N-ethyl adjacent to an activating group) is 1. The number of imide groups is 1. The van der Waals surface area contributed by atoms with E-state index in [2.05, 4.69) is 34.9 Å². The second-order valence-electron chi connectivity index (χ2n) is 6.73. The minimum atomic E-state index is -0.463. The Balaban J connectivity index is 2.07. The van der Waals surface area contributed by atoms with E-state index in [0.29, 0.717) is 6.54 Å². The van der Waals surface area contributed by atoms with E-state index in [9.17, 15) is 9.59 Å². The molecule has 0 aliphatic carbocycles. The normalized spacial score (nSPS) is 12.1. The highest BCUT2D eigenvalue weighted by atomic mass is 16.2. The van der Waals surface area contributed by atoms with Gasteiger partial charge in [0.1, 0.15) is 0 Å². The SMILES string of the molecule is CC(C)NC(=O)NC(=O)C(C)N(C)Cc1ccccc1-c1ccccc1. The van der Waals surface area contributed by atoms with E-state index in [0.717, 1.165) is 16.7 Å². The van der Waals surface area contributed by atoms with Crippen LogP contribution in [0.1, 0.15) is 26.3 Å². The summed E-state index contributed by atoms with van der Waals surface area (Å²) in [6.45, 7) is 6.09. The molecule has 0 heterocycles. The third kappa shape index (κ3) is 5.43. The average Bonchev–Trinajstić information content (AvgIpc) is 2.61. The van der Waals surface area contributed by atoms with Gasteiger partial charge in [0.15, 0.2) is 0 Å². The zero-order valence-electron chi connectivity index (χ0n) is 15.8. The van der Waals surface area contributed by atoms with Crippen LogP contribution in [0.15, 0.2) is 54.6 Å². The summed E-state index contributed by atoms with van der Waals surface area (Å²) in [5.74, 6) is -0.317. The molecule has 0 aromatic heterocycles. The molecule has 2 N–H and O–H groups in total. The van der Waals surface area contributed by atoms with Gasteiger partial charge >= 0.3 is 6.03 Å². The Kier molecular flexibility index (Phi) is 6.92. The average molecular weight is 353 g/mol. The van der Waals surface area contributed by atoms with Crippen LogP contribution in [0.25, 0.3) is 11.1 Å². The van der Waals surface area contributed by atoms with Crippen molar-refractivity contribution >= 4 is 11.9 Å². The van der Waals surface area contributed by atoms with Crippen molar-refractivity contribution in [3.63, 3.8) is 0 Å². The van der Waals surface area contributed by atoms with Crippen molar-refractivity contribution in [3.8, 4) is 11.1 Å². The fourth-order valence-corrected chi connectivity index (χ4v) is 2.68. The van der Waals surface area contributed by atoms with Crippen molar-refractivity contribution in [1.29, 1.82) is 0 Å². The van der Waals surface area contributed by atoms with Crippen molar-refractivity contribution in [3.05, 3.63) is 60.2 Å². The van der Waals surface area contributed by atoms with Crippen molar-refractivity contribution in [2.24, 2.45) is 0 Å². The molecule has 0 bridgehead atoms. The molecule has 1 atom stereocenters. The zero-order valence-corrected chi connectivity index (χ0v) is 15.8. The van der Waals surface area contributed by atoms with E-state index >= 15 is 0 Å². The number of nitrogens with one attached hydrogen (secondary N) is 2. The molecule has 0 aliphatic rings. The summed E-state index contributed by atoms with van der Waals surface area (Å²) in [6.07, 6.45) is 0. The highest BCUT2D eigenvalue weighted by Gasteiger charge is 2.21. The predicted octanol–water partition coefficient (Wildman–Crippen LogP) is 3.41. The quantitative estimate of drug-likeness (QED) is 0.837. The molecule has 0 saturated carbocycles. The number of urea groups is 1. The van der Waals surface area contributed by atoms with Crippen LogP contribution in [0, 0.1) is 0 Å². The lowest BCUT2D eigenvalue weighted by Crippen LogP contribution is -2.49. The van der Waals surface area contributed by atoms with Crippen LogP contribution >= 0.6 is 0 Å². The molecule has 0 saturated heterocycles. The molecule has 0 fully saturated rings. The van der Waals surface area contributed by atoms with Gasteiger partial charge < -0.3 is 5.32 Å². The number of carbonyl (C=O) groups is 2. The highest BCUT2D eigenvalue weighted by Crippen LogP contribution is 2.24. The van der Waals surface area contributed by atoms with Gasteiger partial charge in [-0.05, 0) is 44.5 Å². The Morgan fingerprint density at radius 1 is 0.962 bits per heavy atom. The van der Waals surface area contributed by atoms with Crippen molar-refractivity contribution in [2.75, 3.05) is 7.05 Å². The van der Waals surface area contributed by atoms with Gasteiger partial charge in [0.2, 0.25) is 5.91 Å². The molecule has 2 aromatic rings. The van der Waals surface area contributed by atoms with Crippen LogP contribution in [0.3, 0.4) is 0 Å². The molecule has 5 heteroatoms. The van der Waals surface area contributed by atoms with E-state index in [1.807, 2.05) is 56.1 Å². The number of carbonyl (C=O) groups excluding carboxylic acids is 2. The van der Waals surface area contributed by atoms with Crippen molar-refractivity contribution in [2.45, 2.75) is 39.4 Å². The van der Waals surface area contributed by atoms with Gasteiger partial charge in [0.25, 0.3) is 0 Å². The number of rotatable bonds is 6. The maximum Gasteiger partial charge on any atom is 0.321 e. The molecular formula is C21H27N3O2. The van der Waals surface area contributed by atoms with E-state index in [-0.39, 0.29) is 11.9 Å². The minimum absolute atomic E-state index is 0.0198. The Morgan fingerprint density at radius 3 is 2.23 bits per heavy atom. The molecule has 0 aliphatic heterocycles. The topological polar surface area (TPSA) is 61.4 Å². The van der Waals surface area contributed by atoms with Crippen LogP contribution in [-0.2, 0) is 11.3 Å². The lowest BCUT2D eigenvalue weighted by atomic mass is 9.99. The van der Waals surface area contributed by atoms with E-state index in [1.165, 1.54) is 0 Å². The fraction of sp³-hybridized carbons (Fsp3) is 0.333. The smallest absolute Gasteiger partial charge is 0.321 e. The maximum atomic E-state index is 12.3. The number of benzene rings is 2. The van der Waals surface area contributed by atoms with E-state index in [4.69, 9.17) is 0 Å². The predicted molar refractivity (Wildman–Crippen MR) is 105 cm³/mol. The third-order valence-corrected chi connectivity index (χ3v) is 4.22. The standard InChI is InChI=1S/C21H27N3O2/c1-15(2)22-21(26)23-20(25)16(3)24(4)14-18-12-8-9-13-19(18)17-10-6-5-7-11-17/h5-13,15-16H,14H2,1-4H3,(H2,22,23,25,26). The van der Waals surface area contributed by atoms with Gasteiger partial charge in [-0.2, -0.15) is 0 Å². The first-order chi connectivity index (χ1) is 12.4. The zero-order chi connectivity index (χ0) is 19.1. The molecule has 3 amide bonds. The first-order valence-electron chi connectivity index (χ1n) is 8.83. The molecule has 5 nitrogen and oxygen atoms in total. The number of hydrogen-bond donors (Lipinski definition) is 2. The lowest BCUT2D eigenvalue weighted by molar-refractivity contribution is -0.124. The third-order valence-electron chi connectivity index (χ3n) is 4.22. The second-order valence-corrected chi connectivity index (χ2v) is 6.73. The van der Waals surface area contributed by atoms with Crippen molar-refractivity contribution in [1.82, 2.24) is 15.5 Å². The molecule has 0 spiro atoms. The monoisotopic (exact) mass is 353 g/mol. The molecule has 1 unspecified atom stereocenters. The van der Waals surface area contributed by atoms with Gasteiger partial charge in [0.05, 0.1) is 6.04 Å². The largest absolute Gasteiger partial charge is 0.336 e. The highest BCUT2D eigenvalue weighted by molar-refractivity contribution is 5.96. The van der Waals surface area contributed by atoms with Crippen LogP contribution in [0.5, 0.6) is 0 Å². The summed E-state index contributed by atoms with van der Waals surface area (Å²) in [5, 5.41) is 5.05. The summed E-state index contributed by atoms with van der Waals surface area (Å²) in [5.41, 5.74) is 3.42. The molecular weight excluding hydrogens is 326 g/mol. The number of nitrogens with zero attached hydrogens (tertiary/aromatic N) is 1. The van der Waals surface area contributed by atoms with Gasteiger partial charge in [-0.1, -0.05) is 54.6 Å². The summed E-state index contributed by atoms with van der Waals surface area (Å²) < 4.78 is 0. The molecule has 26 heavy (non-hydrogen) atoms. The Morgan fingerprint density at radius 2 is 1.58 bits per heavy atom. The van der Waals surface area contributed by atoms with E-state index in [1.54, 1.807) is 6.92 Å². The van der Waals surface area contributed by atoms with Gasteiger partial charge in [-0.3, -0.25) is 15.0 Å². The Hall–Kier alpha value is -2.66.